The van der Waals surface area contributed by atoms with Crippen molar-refractivity contribution in [1.82, 2.24) is 54.8 Å². The summed E-state index contributed by atoms with van der Waals surface area (Å²) < 4.78 is 0. The Hall–Kier alpha value is -14.0. The summed E-state index contributed by atoms with van der Waals surface area (Å²) in [6.45, 7) is 4.61. The van der Waals surface area contributed by atoms with Crippen molar-refractivity contribution in [2.24, 2.45) is 0 Å². The molecule has 12 aromatic carbocycles. The number of hydrogen-bond acceptors (Lipinski definition) is 11. The molecule has 0 fully saturated rings. The van der Waals surface area contributed by atoms with Gasteiger partial charge < -0.3 is 0 Å². The second-order valence-electron chi connectivity index (χ2n) is 26.2. The SMILES string of the molecule is CC1(C)c2ccccc2-c2ccc(-c3nc(-c4ccccc4)cc(-c4cccc(-c5ccc(-c6nc(-c7ccccc7)nc(-c7ccccc7)n6)cc5)c4)n3)cc21.c1ccc(-c2cc(-c3cccc(-c4ccc(-c5nc(-c6ccccc6)nc(-c6ccncc6)n5)cc4)c3)nc(-c3ccccc3)n2)cc1. The van der Waals surface area contributed by atoms with Crippen LogP contribution in [0.5, 0.6) is 0 Å². The van der Waals surface area contributed by atoms with E-state index in [-0.39, 0.29) is 5.41 Å². The molecule has 1 aliphatic carbocycles. The molecule has 0 amide bonds. The summed E-state index contributed by atoms with van der Waals surface area (Å²) in [6.07, 6.45) is 3.49. The molecule has 0 saturated carbocycles. The van der Waals surface area contributed by atoms with E-state index in [1.807, 2.05) is 158 Å². The second-order valence-corrected chi connectivity index (χ2v) is 26.2. The van der Waals surface area contributed by atoms with Crippen LogP contribution in [0.4, 0.5) is 0 Å². The zero-order chi connectivity index (χ0) is 70.5. The second kappa shape index (κ2) is 28.5. The molecular weight excluding hydrogens is 1280 g/mol. The van der Waals surface area contributed by atoms with Crippen LogP contribution in [0.25, 0.3) is 170 Å². The molecule has 11 nitrogen and oxygen atoms in total. The monoisotopic (exact) mass is 1350 g/mol. The van der Waals surface area contributed by atoms with Crippen molar-refractivity contribution in [3.8, 4) is 170 Å². The zero-order valence-corrected chi connectivity index (χ0v) is 57.5. The van der Waals surface area contributed by atoms with Gasteiger partial charge in [0.2, 0.25) is 0 Å². The van der Waals surface area contributed by atoms with Crippen molar-refractivity contribution >= 4 is 0 Å². The van der Waals surface area contributed by atoms with Gasteiger partial charge in [0, 0.05) is 84.6 Å². The van der Waals surface area contributed by atoms with E-state index in [1.54, 1.807) is 12.4 Å². The minimum Gasteiger partial charge on any atom is -0.265 e. The molecule has 0 unspecified atom stereocenters. The van der Waals surface area contributed by atoms with Crippen LogP contribution in [0, 0.1) is 0 Å². The third-order valence-electron chi connectivity index (χ3n) is 19.0. The molecule has 5 aromatic heterocycles. The minimum absolute atomic E-state index is 0.121. The van der Waals surface area contributed by atoms with Crippen LogP contribution in [-0.4, -0.2) is 54.8 Å². The molecule has 0 bridgehead atoms. The van der Waals surface area contributed by atoms with Gasteiger partial charge in [-0.2, -0.15) is 0 Å². The molecular formula is C94H65N11. The lowest BCUT2D eigenvalue weighted by Crippen LogP contribution is -2.15. The van der Waals surface area contributed by atoms with Crippen LogP contribution in [0.1, 0.15) is 25.0 Å². The summed E-state index contributed by atoms with van der Waals surface area (Å²) in [5.41, 5.74) is 24.6. The first kappa shape index (κ1) is 64.4. The van der Waals surface area contributed by atoms with Crippen LogP contribution in [0.3, 0.4) is 0 Å². The first-order chi connectivity index (χ1) is 51.7. The van der Waals surface area contributed by atoms with E-state index < -0.39 is 0 Å². The molecule has 0 atom stereocenters. The lowest BCUT2D eigenvalue weighted by atomic mass is 9.82. The fraction of sp³-hybridized carbons (Fsp3) is 0.0319. The fourth-order valence-corrected chi connectivity index (χ4v) is 13.5. The molecule has 0 spiro atoms. The largest absolute Gasteiger partial charge is 0.265 e. The molecule has 0 N–H and O–H groups in total. The Balaban J connectivity index is 0.000000157. The minimum atomic E-state index is -0.121. The Bertz CT molecular complexity index is 5780. The van der Waals surface area contributed by atoms with Gasteiger partial charge in [-0.25, -0.2) is 49.8 Å². The van der Waals surface area contributed by atoms with Crippen LogP contribution in [0.2, 0.25) is 0 Å². The molecule has 0 saturated heterocycles. The van der Waals surface area contributed by atoms with E-state index in [2.05, 4.69) is 207 Å². The Labute approximate surface area is 609 Å². The normalized spacial score (nSPS) is 11.8. The third-order valence-corrected chi connectivity index (χ3v) is 19.0. The summed E-state index contributed by atoms with van der Waals surface area (Å²) >= 11 is 0. The summed E-state index contributed by atoms with van der Waals surface area (Å²) in [7, 11) is 0. The van der Waals surface area contributed by atoms with Gasteiger partial charge in [-0.1, -0.05) is 317 Å². The van der Waals surface area contributed by atoms with Gasteiger partial charge in [-0.3, -0.25) is 4.98 Å². The number of hydrogen-bond donors (Lipinski definition) is 0. The maximum absolute atomic E-state index is 5.24. The van der Waals surface area contributed by atoms with Crippen molar-refractivity contribution in [2.75, 3.05) is 0 Å². The first-order valence-corrected chi connectivity index (χ1v) is 35.0. The smallest absolute Gasteiger partial charge is 0.164 e. The summed E-state index contributed by atoms with van der Waals surface area (Å²) in [5, 5.41) is 0. The highest BCUT2D eigenvalue weighted by molar-refractivity contribution is 5.85. The standard InChI is InChI=1S/C52H37N5.C42H28N6/c1-52(2)44-24-13-12-23-42(44)43-30-29-41(32-45(43)52)51-53-46(35-15-6-3-7-16-35)33-47(54-51)40-22-14-21-39(31-40)34-25-27-38(28-26-34)50-56-48(36-17-8-4-9-18-36)55-49(57-50)37-19-10-5-11-20-37;1-4-11-30(12-5-1)37-28-38(45-39(44-37)31-13-6-2-7-14-31)36-18-10-17-35(27-36)29-19-21-33(22-20-29)41-46-40(32-15-8-3-9-16-32)47-42(48-41)34-23-25-43-26-24-34/h3-33H,1-2H3;1-28H. The Morgan fingerprint density at radius 2 is 0.438 bits per heavy atom. The zero-order valence-electron chi connectivity index (χ0n) is 57.5. The quantitative estimate of drug-likeness (QED) is 0.103. The fourth-order valence-electron chi connectivity index (χ4n) is 13.5. The third kappa shape index (κ3) is 13.6. The van der Waals surface area contributed by atoms with Crippen LogP contribution < -0.4 is 0 Å². The molecule has 105 heavy (non-hydrogen) atoms. The van der Waals surface area contributed by atoms with E-state index in [0.717, 1.165) is 112 Å². The van der Waals surface area contributed by atoms with E-state index >= 15 is 0 Å². The summed E-state index contributed by atoms with van der Waals surface area (Å²) in [5.74, 6) is 5.15. The highest BCUT2D eigenvalue weighted by Crippen LogP contribution is 2.50. The van der Waals surface area contributed by atoms with Gasteiger partial charge in [-0.15, -0.1) is 0 Å². The Morgan fingerprint density at radius 1 is 0.171 bits per heavy atom. The lowest BCUT2D eigenvalue weighted by Gasteiger charge is -2.21. The van der Waals surface area contributed by atoms with Gasteiger partial charge in [0.1, 0.15) is 0 Å². The average Bonchev–Trinajstić information content (AvgIpc) is 1.59. The van der Waals surface area contributed by atoms with Crippen LogP contribution in [0.15, 0.2) is 358 Å². The first-order valence-electron chi connectivity index (χ1n) is 35.0. The maximum atomic E-state index is 5.24. The van der Waals surface area contributed by atoms with Crippen molar-refractivity contribution in [1.29, 1.82) is 0 Å². The topological polar surface area (TPSA) is 142 Å². The van der Waals surface area contributed by atoms with Gasteiger partial charge in [-0.05, 0) is 87.0 Å². The Morgan fingerprint density at radius 3 is 0.829 bits per heavy atom. The van der Waals surface area contributed by atoms with Crippen molar-refractivity contribution in [2.45, 2.75) is 19.3 Å². The van der Waals surface area contributed by atoms with Crippen molar-refractivity contribution in [3.05, 3.63) is 369 Å². The van der Waals surface area contributed by atoms with E-state index in [4.69, 9.17) is 49.8 Å². The van der Waals surface area contributed by atoms with Gasteiger partial charge in [0.25, 0.3) is 0 Å². The summed E-state index contributed by atoms with van der Waals surface area (Å²) in [6, 6.07) is 118. The summed E-state index contributed by atoms with van der Waals surface area (Å²) in [4.78, 5) is 53.7. The average molecular weight is 1350 g/mol. The number of fused-ring (bicyclic) bond motifs is 3. The molecule has 11 heteroatoms. The van der Waals surface area contributed by atoms with Crippen LogP contribution in [-0.2, 0) is 5.41 Å². The number of rotatable bonds is 14. The van der Waals surface area contributed by atoms with Gasteiger partial charge in [0.15, 0.2) is 46.6 Å². The lowest BCUT2D eigenvalue weighted by molar-refractivity contribution is 0.660. The molecule has 0 radical (unpaired) electrons. The number of benzene rings is 12. The highest BCUT2D eigenvalue weighted by atomic mass is 15.0. The van der Waals surface area contributed by atoms with E-state index in [1.165, 1.54) is 22.3 Å². The van der Waals surface area contributed by atoms with E-state index in [9.17, 15) is 0 Å². The maximum Gasteiger partial charge on any atom is 0.164 e. The predicted molar refractivity (Wildman–Crippen MR) is 422 cm³/mol. The van der Waals surface area contributed by atoms with Crippen molar-refractivity contribution < 1.29 is 0 Å². The molecule has 18 rings (SSSR count). The van der Waals surface area contributed by atoms with Crippen molar-refractivity contribution in [3.63, 3.8) is 0 Å². The van der Waals surface area contributed by atoms with Gasteiger partial charge >= 0.3 is 0 Å². The molecule has 0 aliphatic heterocycles. The molecule has 496 valence electrons. The van der Waals surface area contributed by atoms with E-state index in [0.29, 0.717) is 46.6 Å². The Kier molecular flexibility index (Phi) is 17.5. The number of pyridine rings is 1. The molecule has 5 heterocycles. The number of aromatic nitrogens is 11. The number of nitrogens with zero attached hydrogens (tertiary/aromatic N) is 11. The van der Waals surface area contributed by atoms with Gasteiger partial charge in [0.05, 0.1) is 22.8 Å². The molecule has 17 aromatic rings. The predicted octanol–water partition coefficient (Wildman–Crippen LogP) is 22.4. The molecule has 1 aliphatic rings. The van der Waals surface area contributed by atoms with Crippen LogP contribution >= 0.6 is 0 Å². The highest BCUT2D eigenvalue weighted by Gasteiger charge is 2.35.